The van der Waals surface area contributed by atoms with Gasteiger partial charge in [-0.25, -0.2) is 0 Å². The van der Waals surface area contributed by atoms with Crippen LogP contribution in [-0.2, 0) is 16.0 Å². The molecule has 1 aliphatic rings. The summed E-state index contributed by atoms with van der Waals surface area (Å²) in [5.74, 6) is 0.118. The maximum Gasteiger partial charge on any atom is 0.229 e. The Labute approximate surface area is 164 Å². The van der Waals surface area contributed by atoms with Crippen LogP contribution >= 0.6 is 11.6 Å². The van der Waals surface area contributed by atoms with Crippen molar-refractivity contribution in [3.63, 3.8) is 0 Å². The fourth-order valence-electron chi connectivity index (χ4n) is 3.23. The second-order valence-corrected chi connectivity index (χ2v) is 7.25. The Hall–Kier alpha value is -2.53. The minimum atomic E-state index is -0.354. The van der Waals surface area contributed by atoms with Gasteiger partial charge < -0.3 is 15.0 Å². The van der Waals surface area contributed by atoms with Gasteiger partial charge in [0, 0.05) is 24.5 Å². The van der Waals surface area contributed by atoms with Crippen LogP contribution in [0.5, 0.6) is 5.75 Å². The highest BCUT2D eigenvalue weighted by Gasteiger charge is 2.34. The first-order valence-electron chi connectivity index (χ1n) is 8.94. The second-order valence-electron chi connectivity index (χ2n) is 6.81. The van der Waals surface area contributed by atoms with Gasteiger partial charge in [0.15, 0.2) is 0 Å². The van der Waals surface area contributed by atoms with Crippen molar-refractivity contribution in [1.29, 1.82) is 0 Å². The van der Waals surface area contributed by atoms with Gasteiger partial charge in [-0.3, -0.25) is 9.59 Å². The van der Waals surface area contributed by atoms with E-state index in [9.17, 15) is 9.59 Å². The number of aryl methyl sites for hydroxylation is 1. The van der Waals surface area contributed by atoms with E-state index in [0.717, 1.165) is 17.5 Å². The van der Waals surface area contributed by atoms with E-state index in [1.165, 1.54) is 0 Å². The topological polar surface area (TPSA) is 58.6 Å². The van der Waals surface area contributed by atoms with Crippen LogP contribution in [0, 0.1) is 12.8 Å². The number of anilines is 1. The lowest BCUT2D eigenvalue weighted by molar-refractivity contribution is -0.128. The highest BCUT2D eigenvalue weighted by molar-refractivity contribution is 6.30. The molecule has 142 valence electrons. The predicted molar refractivity (Wildman–Crippen MR) is 106 cm³/mol. The molecular weight excluding hydrogens is 364 g/mol. The zero-order valence-electron chi connectivity index (χ0n) is 15.5. The molecule has 2 amide bonds. The van der Waals surface area contributed by atoms with Crippen LogP contribution < -0.4 is 10.1 Å². The smallest absolute Gasteiger partial charge is 0.229 e. The van der Waals surface area contributed by atoms with Crippen LogP contribution in [-0.4, -0.2) is 36.9 Å². The first-order chi connectivity index (χ1) is 13.0. The maximum absolute atomic E-state index is 12.6. The van der Waals surface area contributed by atoms with Gasteiger partial charge in [-0.15, -0.1) is 0 Å². The number of hydrogen-bond acceptors (Lipinski definition) is 3. The third-order valence-electron chi connectivity index (χ3n) is 4.78. The molecule has 0 aromatic heterocycles. The Morgan fingerprint density at radius 3 is 2.70 bits per heavy atom. The number of halogens is 1. The van der Waals surface area contributed by atoms with Crippen molar-refractivity contribution >= 4 is 29.1 Å². The van der Waals surface area contributed by atoms with Gasteiger partial charge in [-0.05, 0) is 48.7 Å². The Bertz CT molecular complexity index is 836. The summed E-state index contributed by atoms with van der Waals surface area (Å²) >= 11 is 5.90. The minimum Gasteiger partial charge on any atom is -0.495 e. The summed E-state index contributed by atoms with van der Waals surface area (Å²) < 4.78 is 5.30. The fraction of sp³-hybridized carbons (Fsp3) is 0.333. The van der Waals surface area contributed by atoms with Crippen molar-refractivity contribution in [3.8, 4) is 5.75 Å². The van der Waals surface area contributed by atoms with Crippen molar-refractivity contribution in [2.45, 2.75) is 19.8 Å². The zero-order chi connectivity index (χ0) is 19.4. The fourth-order valence-corrected chi connectivity index (χ4v) is 3.36. The molecule has 3 rings (SSSR count). The molecule has 1 unspecified atom stereocenters. The third-order valence-corrected chi connectivity index (χ3v) is 5.03. The van der Waals surface area contributed by atoms with Crippen LogP contribution in [0.25, 0.3) is 0 Å². The van der Waals surface area contributed by atoms with E-state index in [0.29, 0.717) is 29.5 Å². The van der Waals surface area contributed by atoms with E-state index in [1.807, 2.05) is 49.4 Å². The molecule has 27 heavy (non-hydrogen) atoms. The van der Waals surface area contributed by atoms with Crippen molar-refractivity contribution in [2.75, 3.05) is 25.5 Å². The largest absolute Gasteiger partial charge is 0.495 e. The zero-order valence-corrected chi connectivity index (χ0v) is 16.3. The van der Waals surface area contributed by atoms with E-state index in [4.69, 9.17) is 16.3 Å². The van der Waals surface area contributed by atoms with Crippen LogP contribution in [0.1, 0.15) is 17.5 Å². The summed E-state index contributed by atoms with van der Waals surface area (Å²) in [6.07, 6.45) is 0.976. The van der Waals surface area contributed by atoms with Gasteiger partial charge in [-0.2, -0.15) is 0 Å². The summed E-state index contributed by atoms with van der Waals surface area (Å²) in [6, 6.07) is 13.2. The average molecular weight is 387 g/mol. The van der Waals surface area contributed by atoms with E-state index >= 15 is 0 Å². The number of amides is 2. The van der Waals surface area contributed by atoms with Crippen molar-refractivity contribution in [2.24, 2.45) is 5.92 Å². The molecule has 2 aromatic carbocycles. The number of carbonyl (C=O) groups excluding carboxylic acids is 2. The van der Waals surface area contributed by atoms with E-state index < -0.39 is 0 Å². The molecule has 1 N–H and O–H groups in total. The molecule has 5 nitrogen and oxygen atoms in total. The number of ether oxygens (including phenoxy) is 1. The molecular formula is C21H23ClN2O3. The summed E-state index contributed by atoms with van der Waals surface area (Å²) in [6.45, 7) is 2.98. The standard InChI is InChI=1S/C21H23ClN2O3/c1-14-3-8-19(27-2)18(11-14)23-21(26)16-12-20(25)24(13-16)10-9-15-4-6-17(22)7-5-15/h3-8,11,16H,9-10,12-13H2,1-2H3,(H,23,26). The minimum absolute atomic E-state index is 0.0142. The van der Waals surface area contributed by atoms with Crippen LogP contribution in [0.4, 0.5) is 5.69 Å². The highest BCUT2D eigenvalue weighted by Crippen LogP contribution is 2.27. The van der Waals surface area contributed by atoms with Gasteiger partial charge in [-0.1, -0.05) is 29.8 Å². The highest BCUT2D eigenvalue weighted by atomic mass is 35.5. The molecule has 1 saturated heterocycles. The number of likely N-dealkylation sites (tertiary alicyclic amines) is 1. The van der Waals surface area contributed by atoms with Crippen molar-refractivity contribution in [1.82, 2.24) is 4.90 Å². The molecule has 0 saturated carbocycles. The number of methoxy groups -OCH3 is 1. The predicted octanol–water partition coefficient (Wildman–Crippen LogP) is 3.69. The first kappa shape index (κ1) is 19.2. The number of nitrogens with one attached hydrogen (secondary N) is 1. The number of carbonyl (C=O) groups is 2. The molecule has 0 spiro atoms. The second kappa shape index (κ2) is 8.44. The monoisotopic (exact) mass is 386 g/mol. The third kappa shape index (κ3) is 4.80. The van der Waals surface area contributed by atoms with E-state index in [1.54, 1.807) is 12.0 Å². The first-order valence-corrected chi connectivity index (χ1v) is 9.32. The number of hydrogen-bond donors (Lipinski definition) is 1. The van der Waals surface area contributed by atoms with E-state index in [-0.39, 0.29) is 24.2 Å². The Morgan fingerprint density at radius 1 is 1.26 bits per heavy atom. The molecule has 1 fully saturated rings. The summed E-state index contributed by atoms with van der Waals surface area (Å²) in [4.78, 5) is 26.7. The summed E-state index contributed by atoms with van der Waals surface area (Å²) in [5, 5.41) is 3.60. The van der Waals surface area contributed by atoms with Gasteiger partial charge in [0.1, 0.15) is 5.75 Å². The molecule has 2 aromatic rings. The van der Waals surface area contributed by atoms with Gasteiger partial charge in [0.2, 0.25) is 11.8 Å². The number of benzene rings is 2. The molecule has 0 bridgehead atoms. The molecule has 6 heteroatoms. The normalized spacial score (nSPS) is 16.5. The Kier molecular flexibility index (Phi) is 6.01. The van der Waals surface area contributed by atoms with Gasteiger partial charge in [0.25, 0.3) is 0 Å². The lowest BCUT2D eigenvalue weighted by Crippen LogP contribution is -2.30. The SMILES string of the molecule is COc1ccc(C)cc1NC(=O)C1CC(=O)N(CCc2ccc(Cl)cc2)C1. The molecule has 1 atom stereocenters. The van der Waals surface area contributed by atoms with Crippen LogP contribution in [0.15, 0.2) is 42.5 Å². The lowest BCUT2D eigenvalue weighted by Gasteiger charge is -2.17. The summed E-state index contributed by atoms with van der Waals surface area (Å²) in [5.41, 5.74) is 2.78. The van der Waals surface area contributed by atoms with Crippen molar-refractivity contribution in [3.05, 3.63) is 58.6 Å². The van der Waals surface area contributed by atoms with E-state index in [2.05, 4.69) is 5.32 Å². The Morgan fingerprint density at radius 2 is 2.00 bits per heavy atom. The average Bonchev–Trinajstić information content (AvgIpc) is 3.02. The summed E-state index contributed by atoms with van der Waals surface area (Å²) in [7, 11) is 1.57. The Balaban J connectivity index is 1.58. The maximum atomic E-state index is 12.6. The number of nitrogens with zero attached hydrogens (tertiary/aromatic N) is 1. The number of rotatable bonds is 6. The molecule has 1 heterocycles. The van der Waals surface area contributed by atoms with Gasteiger partial charge >= 0.3 is 0 Å². The molecule has 1 aliphatic heterocycles. The van der Waals surface area contributed by atoms with Crippen LogP contribution in [0.2, 0.25) is 5.02 Å². The lowest BCUT2D eigenvalue weighted by atomic mass is 10.1. The van der Waals surface area contributed by atoms with Crippen molar-refractivity contribution < 1.29 is 14.3 Å². The van der Waals surface area contributed by atoms with Crippen LogP contribution in [0.3, 0.4) is 0 Å². The molecule has 0 aliphatic carbocycles. The van der Waals surface area contributed by atoms with Gasteiger partial charge in [0.05, 0.1) is 18.7 Å². The molecule has 0 radical (unpaired) electrons. The quantitative estimate of drug-likeness (QED) is 0.823.